The molecular formula is C26H32ClN9O3. The van der Waals surface area contributed by atoms with Crippen molar-refractivity contribution < 1.29 is 9.53 Å². The maximum Gasteiger partial charge on any atom is 0.361 e. The molecule has 0 aliphatic rings. The molecule has 4 rings (SSSR count). The topological polar surface area (TPSA) is 158 Å². The van der Waals surface area contributed by atoms with Crippen LogP contribution in [0.3, 0.4) is 0 Å². The van der Waals surface area contributed by atoms with E-state index in [0.717, 1.165) is 16.2 Å². The van der Waals surface area contributed by atoms with Crippen molar-refractivity contribution in [1.29, 1.82) is 0 Å². The molecular weight excluding hydrogens is 522 g/mol. The Bertz CT molecular complexity index is 1680. The molecule has 0 radical (unpaired) electrons. The number of aromatic nitrogens is 4. The number of anilines is 1. The lowest BCUT2D eigenvalue weighted by Crippen LogP contribution is -2.27. The van der Waals surface area contributed by atoms with Gasteiger partial charge in [-0.3, -0.25) is 13.8 Å². The number of nitrogens with zero attached hydrogens (tertiary/aromatic N) is 6. The molecule has 1 unspecified atom stereocenters. The second-order valence-corrected chi connectivity index (χ2v) is 10.7. The molecule has 5 N–H and O–H groups in total. The fourth-order valence-corrected chi connectivity index (χ4v) is 4.57. The summed E-state index contributed by atoms with van der Waals surface area (Å²) in [6.07, 6.45) is 1.53. The summed E-state index contributed by atoms with van der Waals surface area (Å²) < 4.78 is 8.70. The molecule has 0 aliphatic carbocycles. The Balaban J connectivity index is 1.91. The highest BCUT2D eigenvalue weighted by Crippen LogP contribution is 2.30. The number of aryl methyl sites for hydroxylation is 2. The van der Waals surface area contributed by atoms with Crippen molar-refractivity contribution in [3.05, 3.63) is 68.6 Å². The summed E-state index contributed by atoms with van der Waals surface area (Å²) in [6.45, 7) is 9.17. The number of imidazole rings is 1. The molecule has 1 atom stereocenters. The number of rotatable bonds is 6. The second-order valence-electron chi connectivity index (χ2n) is 10.4. The van der Waals surface area contributed by atoms with E-state index in [1.165, 1.54) is 17.9 Å². The summed E-state index contributed by atoms with van der Waals surface area (Å²) in [5.74, 6) is 5.09. The van der Waals surface area contributed by atoms with Gasteiger partial charge in [-0.05, 0) is 63.9 Å². The molecule has 0 amide bonds. The summed E-state index contributed by atoms with van der Waals surface area (Å²) >= 11 is 6.14. The minimum atomic E-state index is -0.725. The molecule has 0 saturated carbocycles. The van der Waals surface area contributed by atoms with Crippen molar-refractivity contribution in [3.8, 4) is 0 Å². The molecule has 0 fully saturated rings. The van der Waals surface area contributed by atoms with Gasteiger partial charge < -0.3 is 15.8 Å². The highest BCUT2D eigenvalue weighted by atomic mass is 35.5. The van der Waals surface area contributed by atoms with Gasteiger partial charge in [-0.1, -0.05) is 17.7 Å². The Labute approximate surface area is 230 Å². The minimum absolute atomic E-state index is 0.0534. The zero-order valence-corrected chi connectivity index (χ0v) is 23.7. The molecule has 0 spiro atoms. The molecule has 12 nitrogen and oxygen atoms in total. The van der Waals surface area contributed by atoms with Gasteiger partial charge in [-0.25, -0.2) is 25.7 Å². The van der Waals surface area contributed by atoms with Crippen LogP contribution in [0.15, 0.2) is 40.5 Å². The first-order chi connectivity index (χ1) is 18.2. The number of pyridine rings is 1. The van der Waals surface area contributed by atoms with Gasteiger partial charge in [-0.2, -0.15) is 0 Å². The van der Waals surface area contributed by atoms with Crippen molar-refractivity contribution in [2.24, 2.45) is 23.7 Å². The van der Waals surface area contributed by atoms with Crippen LogP contribution in [0.4, 0.5) is 5.69 Å². The Morgan fingerprint density at radius 1 is 1.26 bits per heavy atom. The number of fused-ring (bicyclic) bond motifs is 3. The van der Waals surface area contributed by atoms with Crippen LogP contribution in [-0.2, 0) is 11.8 Å². The van der Waals surface area contributed by atoms with Crippen molar-refractivity contribution in [1.82, 2.24) is 24.1 Å². The number of hydrogen-bond donors (Lipinski definition) is 3. The van der Waals surface area contributed by atoms with E-state index >= 15 is 0 Å². The zero-order chi connectivity index (χ0) is 28.8. The lowest BCUT2D eigenvalue weighted by atomic mass is 10.0. The first kappa shape index (κ1) is 27.9. The number of nitrogens with one attached hydrogen (secondary N) is 1. The second kappa shape index (κ2) is 10.2. The number of halogens is 1. The fourth-order valence-electron chi connectivity index (χ4n) is 4.42. The summed E-state index contributed by atoms with van der Waals surface area (Å²) in [4.78, 5) is 35.2. The summed E-state index contributed by atoms with van der Waals surface area (Å²) in [7, 11) is 3.15. The Hall–Kier alpha value is -4.16. The van der Waals surface area contributed by atoms with E-state index < -0.39 is 11.6 Å². The molecule has 4 aromatic rings. The number of benzene rings is 1. The van der Waals surface area contributed by atoms with Crippen molar-refractivity contribution in [2.45, 2.75) is 46.3 Å². The van der Waals surface area contributed by atoms with Crippen LogP contribution in [0.25, 0.3) is 16.6 Å². The summed E-state index contributed by atoms with van der Waals surface area (Å²) in [6, 6.07) is 6.80. The lowest BCUT2D eigenvalue weighted by molar-refractivity contribution is 0.00652. The molecule has 3 heterocycles. The zero-order valence-electron chi connectivity index (χ0n) is 22.9. The van der Waals surface area contributed by atoms with E-state index in [0.29, 0.717) is 27.9 Å². The van der Waals surface area contributed by atoms with Crippen LogP contribution in [-0.4, -0.2) is 48.5 Å². The molecule has 1 aromatic carbocycles. The number of amidine groups is 1. The number of carbonyl (C=O) groups excluding carboxylic acids is 1. The van der Waals surface area contributed by atoms with Crippen LogP contribution in [0.2, 0.25) is 5.15 Å². The van der Waals surface area contributed by atoms with Crippen LogP contribution in [0, 0.1) is 6.92 Å². The molecule has 0 aliphatic heterocycles. The Morgan fingerprint density at radius 3 is 2.59 bits per heavy atom. The van der Waals surface area contributed by atoms with Crippen LogP contribution in [0.1, 0.15) is 61.0 Å². The predicted molar refractivity (Wildman–Crippen MR) is 152 cm³/mol. The molecule has 206 valence electrons. The third-order valence-corrected chi connectivity index (χ3v) is 6.13. The highest BCUT2D eigenvalue weighted by Gasteiger charge is 2.26. The van der Waals surface area contributed by atoms with E-state index in [-0.39, 0.29) is 28.3 Å². The van der Waals surface area contributed by atoms with E-state index in [9.17, 15) is 9.59 Å². The summed E-state index contributed by atoms with van der Waals surface area (Å²) in [5.41, 5.74) is 8.69. The number of ether oxygens (including phenoxy) is 1. The molecule has 13 heteroatoms. The van der Waals surface area contributed by atoms with Crippen LogP contribution < -0.4 is 22.5 Å². The van der Waals surface area contributed by atoms with Gasteiger partial charge in [0.05, 0.1) is 22.6 Å². The Kier molecular flexibility index (Phi) is 7.28. The van der Waals surface area contributed by atoms with E-state index in [1.807, 2.05) is 26.0 Å². The van der Waals surface area contributed by atoms with Crippen molar-refractivity contribution in [2.75, 3.05) is 12.4 Å². The van der Waals surface area contributed by atoms with Gasteiger partial charge in [0.2, 0.25) is 0 Å². The van der Waals surface area contributed by atoms with Gasteiger partial charge in [0, 0.05) is 14.1 Å². The van der Waals surface area contributed by atoms with Gasteiger partial charge in [0.1, 0.15) is 22.8 Å². The summed E-state index contributed by atoms with van der Waals surface area (Å²) in [5, 5.41) is 9.24. The van der Waals surface area contributed by atoms with Gasteiger partial charge >= 0.3 is 5.97 Å². The smallest absolute Gasteiger partial charge is 0.361 e. The quantitative estimate of drug-likeness (QED) is 0.0814. The molecule has 3 aromatic heterocycles. The fraction of sp³-hybridized carbons (Fsp3) is 0.346. The third kappa shape index (κ3) is 5.52. The average Bonchev–Trinajstić information content (AvgIpc) is 3.27. The van der Waals surface area contributed by atoms with E-state index in [1.54, 1.807) is 44.4 Å². The number of nitrogens with two attached hydrogens (primary N) is 2. The van der Waals surface area contributed by atoms with Crippen molar-refractivity contribution in [3.63, 3.8) is 0 Å². The number of esters is 1. The van der Waals surface area contributed by atoms with Crippen LogP contribution in [0.5, 0.6) is 0 Å². The molecule has 39 heavy (non-hydrogen) atoms. The van der Waals surface area contributed by atoms with Gasteiger partial charge in [0.25, 0.3) is 5.56 Å². The maximum absolute atomic E-state index is 13.5. The normalized spacial score (nSPS) is 13.1. The first-order valence-corrected chi connectivity index (χ1v) is 12.6. The molecule has 0 saturated heterocycles. The van der Waals surface area contributed by atoms with E-state index in [2.05, 4.69) is 20.4 Å². The molecule has 0 bridgehead atoms. The largest absolute Gasteiger partial charge is 0.455 e. The minimum Gasteiger partial charge on any atom is -0.455 e. The lowest BCUT2D eigenvalue weighted by Gasteiger charge is -2.22. The monoisotopic (exact) mass is 553 g/mol. The number of hydrazone groups is 1. The number of hydrogen-bond acceptors (Lipinski definition) is 9. The van der Waals surface area contributed by atoms with Gasteiger partial charge in [-0.15, -0.1) is 5.10 Å². The number of carbonyl (C=O) groups is 1. The SMILES string of the molecule is Cc1cc(C(C)Nc2ccc(Cl)nc2/C(N)=N/N(C)N)c2c(c1)c(=O)n(C)c1c(C(=O)OC(C)(C)C)ncn21. The van der Waals surface area contributed by atoms with Crippen LogP contribution >= 0.6 is 11.6 Å². The maximum atomic E-state index is 13.5. The average molecular weight is 554 g/mol. The number of hydrazine groups is 1. The third-order valence-electron chi connectivity index (χ3n) is 5.92. The Morgan fingerprint density at radius 2 is 1.95 bits per heavy atom. The highest BCUT2D eigenvalue weighted by molar-refractivity contribution is 6.29. The first-order valence-electron chi connectivity index (χ1n) is 12.2. The van der Waals surface area contributed by atoms with Crippen molar-refractivity contribution >= 4 is 45.6 Å². The predicted octanol–water partition coefficient (Wildman–Crippen LogP) is 3.10. The van der Waals surface area contributed by atoms with E-state index in [4.69, 9.17) is 27.9 Å². The standard InChI is InChI=1S/C26H32ClN9O3/c1-13-10-15(14(2)31-17-8-9-18(27)32-19(17)22(28)33-35(7)29)21-16(11-13)24(37)34(6)23-20(30-12-36(21)23)25(38)39-26(3,4)5/h8-12,14,31H,29H2,1-7H3,(H2,28,33). The van der Waals surface area contributed by atoms with Gasteiger partial charge in [0.15, 0.2) is 17.2 Å².